The maximum Gasteiger partial charge on any atom is 0.303 e. The largest absolute Gasteiger partial charge is 0.481 e. The number of carbonyl (C=O) groups is 2. The van der Waals surface area contributed by atoms with Crippen LogP contribution in [-0.4, -0.2) is 24.0 Å². The molecule has 0 aliphatic heterocycles. The van der Waals surface area contributed by atoms with Crippen molar-refractivity contribution in [2.45, 2.75) is 12.8 Å². The number of aliphatic carboxylic acids is 1. The number of amides is 1. The summed E-state index contributed by atoms with van der Waals surface area (Å²) in [7, 11) is 1.77. The zero-order valence-electron chi connectivity index (χ0n) is 17.3. The van der Waals surface area contributed by atoms with Crippen LogP contribution in [0.15, 0.2) is 91.0 Å². The second kappa shape index (κ2) is 8.84. The molecule has 0 aromatic heterocycles. The predicted octanol–water partition coefficient (Wildman–Crippen LogP) is 5.80. The summed E-state index contributed by atoms with van der Waals surface area (Å²) < 4.78 is 0. The Morgan fingerprint density at radius 3 is 2.26 bits per heavy atom. The lowest BCUT2D eigenvalue weighted by molar-refractivity contribution is -0.136. The van der Waals surface area contributed by atoms with Crippen molar-refractivity contribution in [2.24, 2.45) is 0 Å². The molecule has 4 nitrogen and oxygen atoms in total. The molecule has 154 valence electrons. The van der Waals surface area contributed by atoms with Gasteiger partial charge in [-0.1, -0.05) is 60.7 Å². The molecule has 31 heavy (non-hydrogen) atoms. The first kappa shape index (κ1) is 20.4. The highest BCUT2D eigenvalue weighted by molar-refractivity contribution is 6.08. The molecule has 0 unspecified atom stereocenters. The lowest BCUT2D eigenvalue weighted by Gasteiger charge is -2.22. The van der Waals surface area contributed by atoms with Crippen molar-refractivity contribution in [1.82, 2.24) is 0 Å². The van der Waals surface area contributed by atoms with Crippen molar-refractivity contribution in [2.75, 3.05) is 11.9 Å². The second-order valence-corrected chi connectivity index (χ2v) is 7.54. The summed E-state index contributed by atoms with van der Waals surface area (Å²) in [6.07, 6.45) is 0.502. The molecule has 0 aliphatic rings. The van der Waals surface area contributed by atoms with Crippen molar-refractivity contribution in [3.05, 3.63) is 102 Å². The average Bonchev–Trinajstić information content (AvgIpc) is 2.82. The lowest BCUT2D eigenvalue weighted by Crippen LogP contribution is -2.26. The highest BCUT2D eigenvalue weighted by Gasteiger charge is 2.18. The number of anilines is 1. The Morgan fingerprint density at radius 1 is 0.806 bits per heavy atom. The number of carboxylic acid groups (broad SMARTS) is 1. The number of fused-ring (bicyclic) bond motifs is 1. The van der Waals surface area contributed by atoms with Crippen LogP contribution in [0, 0.1) is 0 Å². The number of rotatable bonds is 6. The van der Waals surface area contributed by atoms with Gasteiger partial charge in [-0.2, -0.15) is 0 Å². The highest BCUT2D eigenvalue weighted by Crippen LogP contribution is 2.34. The van der Waals surface area contributed by atoms with Gasteiger partial charge in [-0.05, 0) is 58.7 Å². The number of nitrogens with zero attached hydrogens (tertiary/aromatic N) is 1. The predicted molar refractivity (Wildman–Crippen MR) is 125 cm³/mol. The van der Waals surface area contributed by atoms with Crippen LogP contribution in [0.3, 0.4) is 0 Å². The molecule has 1 amide bonds. The van der Waals surface area contributed by atoms with Crippen LogP contribution in [-0.2, 0) is 11.2 Å². The SMILES string of the molecule is CN(C(=O)c1ccccc1)c1ccc(CCC(=O)O)cc1-c1ccc2ccccc2c1. The summed E-state index contributed by atoms with van der Waals surface area (Å²) in [5, 5.41) is 11.3. The van der Waals surface area contributed by atoms with E-state index in [-0.39, 0.29) is 12.3 Å². The molecule has 4 aromatic carbocycles. The fourth-order valence-corrected chi connectivity index (χ4v) is 3.75. The van der Waals surface area contributed by atoms with Crippen molar-refractivity contribution in [3.63, 3.8) is 0 Å². The van der Waals surface area contributed by atoms with Gasteiger partial charge in [-0.15, -0.1) is 0 Å². The van der Waals surface area contributed by atoms with Gasteiger partial charge in [-0.3, -0.25) is 9.59 Å². The summed E-state index contributed by atoms with van der Waals surface area (Å²) in [4.78, 5) is 25.8. The van der Waals surface area contributed by atoms with Crippen LogP contribution < -0.4 is 4.90 Å². The van der Waals surface area contributed by atoms with E-state index in [1.807, 2.05) is 54.6 Å². The summed E-state index contributed by atoms with van der Waals surface area (Å²) in [6, 6.07) is 29.3. The minimum Gasteiger partial charge on any atom is -0.481 e. The molecule has 0 saturated carbocycles. The van der Waals surface area contributed by atoms with Crippen LogP contribution in [0.1, 0.15) is 22.3 Å². The molecule has 0 saturated heterocycles. The van der Waals surface area contributed by atoms with E-state index < -0.39 is 5.97 Å². The summed E-state index contributed by atoms with van der Waals surface area (Å²) in [6.45, 7) is 0. The third-order valence-corrected chi connectivity index (χ3v) is 5.44. The lowest BCUT2D eigenvalue weighted by atomic mass is 9.96. The maximum atomic E-state index is 13.1. The zero-order valence-corrected chi connectivity index (χ0v) is 17.3. The van der Waals surface area contributed by atoms with Gasteiger partial charge in [0, 0.05) is 24.6 Å². The first-order valence-electron chi connectivity index (χ1n) is 10.2. The zero-order chi connectivity index (χ0) is 21.8. The second-order valence-electron chi connectivity index (χ2n) is 7.54. The smallest absolute Gasteiger partial charge is 0.303 e. The Kier molecular flexibility index (Phi) is 5.80. The summed E-state index contributed by atoms with van der Waals surface area (Å²) >= 11 is 0. The molecule has 0 heterocycles. The van der Waals surface area contributed by atoms with E-state index in [1.54, 1.807) is 24.1 Å². The van der Waals surface area contributed by atoms with Gasteiger partial charge in [0.1, 0.15) is 0 Å². The Bertz CT molecular complexity index is 1250. The minimum atomic E-state index is -0.826. The Balaban J connectivity index is 1.80. The van der Waals surface area contributed by atoms with Crippen molar-refractivity contribution < 1.29 is 14.7 Å². The Hall–Kier alpha value is -3.92. The fourth-order valence-electron chi connectivity index (χ4n) is 3.75. The molecule has 0 radical (unpaired) electrons. The Labute approximate surface area is 181 Å². The molecular weight excluding hydrogens is 386 g/mol. The monoisotopic (exact) mass is 409 g/mol. The van der Waals surface area contributed by atoms with E-state index >= 15 is 0 Å². The van der Waals surface area contributed by atoms with E-state index in [0.717, 1.165) is 33.2 Å². The number of carbonyl (C=O) groups excluding carboxylic acids is 1. The van der Waals surface area contributed by atoms with Crippen molar-refractivity contribution >= 4 is 28.3 Å². The first-order chi connectivity index (χ1) is 15.0. The van der Waals surface area contributed by atoms with Gasteiger partial charge in [0.2, 0.25) is 0 Å². The van der Waals surface area contributed by atoms with Crippen LogP contribution in [0.25, 0.3) is 21.9 Å². The molecule has 0 aliphatic carbocycles. The van der Waals surface area contributed by atoms with Gasteiger partial charge in [-0.25, -0.2) is 0 Å². The number of aryl methyl sites for hydroxylation is 1. The van der Waals surface area contributed by atoms with Crippen LogP contribution in [0.2, 0.25) is 0 Å². The highest BCUT2D eigenvalue weighted by atomic mass is 16.4. The molecule has 4 rings (SSSR count). The van der Waals surface area contributed by atoms with Gasteiger partial charge in [0.15, 0.2) is 0 Å². The van der Waals surface area contributed by atoms with Gasteiger partial charge < -0.3 is 10.0 Å². The van der Waals surface area contributed by atoms with E-state index in [0.29, 0.717) is 12.0 Å². The molecule has 0 spiro atoms. The summed E-state index contributed by atoms with van der Waals surface area (Å²) in [5.41, 5.74) is 4.21. The Morgan fingerprint density at radius 2 is 1.52 bits per heavy atom. The number of carboxylic acids is 1. The topological polar surface area (TPSA) is 57.6 Å². The molecule has 4 aromatic rings. The molecule has 1 N–H and O–H groups in total. The molecule has 0 fully saturated rings. The van der Waals surface area contributed by atoms with Crippen LogP contribution in [0.5, 0.6) is 0 Å². The van der Waals surface area contributed by atoms with E-state index in [4.69, 9.17) is 5.11 Å². The van der Waals surface area contributed by atoms with Crippen molar-refractivity contribution in [1.29, 1.82) is 0 Å². The third kappa shape index (κ3) is 4.48. The number of hydrogen-bond acceptors (Lipinski definition) is 2. The first-order valence-corrected chi connectivity index (χ1v) is 10.2. The van der Waals surface area contributed by atoms with E-state index in [1.165, 1.54) is 0 Å². The third-order valence-electron chi connectivity index (χ3n) is 5.44. The van der Waals surface area contributed by atoms with E-state index in [2.05, 4.69) is 24.3 Å². The quantitative estimate of drug-likeness (QED) is 0.438. The van der Waals surface area contributed by atoms with Gasteiger partial charge in [0.25, 0.3) is 5.91 Å². The molecule has 0 bridgehead atoms. The summed E-state index contributed by atoms with van der Waals surface area (Å²) in [5.74, 6) is -0.923. The fraction of sp³-hybridized carbons (Fsp3) is 0.111. The number of hydrogen-bond donors (Lipinski definition) is 1. The van der Waals surface area contributed by atoms with Crippen LogP contribution >= 0.6 is 0 Å². The molecule has 4 heteroatoms. The van der Waals surface area contributed by atoms with Gasteiger partial charge >= 0.3 is 5.97 Å². The molecular formula is C27H23NO3. The van der Waals surface area contributed by atoms with Crippen molar-refractivity contribution in [3.8, 4) is 11.1 Å². The minimum absolute atomic E-state index is 0.0648. The molecule has 0 atom stereocenters. The van der Waals surface area contributed by atoms with Crippen LogP contribution in [0.4, 0.5) is 5.69 Å². The average molecular weight is 409 g/mol. The van der Waals surface area contributed by atoms with Gasteiger partial charge in [0.05, 0.1) is 5.69 Å². The number of benzene rings is 4. The normalized spacial score (nSPS) is 10.7. The standard InChI is InChI=1S/C27H23NO3/c1-28(27(31)21-8-3-2-4-9-21)25-15-11-19(12-16-26(29)30)17-24(25)23-14-13-20-7-5-6-10-22(20)18-23/h2-11,13-15,17-18H,12,16H2,1H3,(H,29,30). The maximum absolute atomic E-state index is 13.1. The van der Waals surface area contributed by atoms with E-state index in [9.17, 15) is 9.59 Å².